The van der Waals surface area contributed by atoms with Gasteiger partial charge >= 0.3 is 5.97 Å². The van der Waals surface area contributed by atoms with Crippen LogP contribution >= 0.6 is 0 Å². The van der Waals surface area contributed by atoms with Crippen LogP contribution in [0.5, 0.6) is 0 Å². The zero-order valence-corrected chi connectivity index (χ0v) is 13.5. The molecule has 4 nitrogen and oxygen atoms in total. The summed E-state index contributed by atoms with van der Waals surface area (Å²) in [5.74, 6) is -1.80. The third kappa shape index (κ3) is 4.78. The second-order valence-corrected chi connectivity index (χ2v) is 5.24. The summed E-state index contributed by atoms with van der Waals surface area (Å²) < 4.78 is 18.5. The summed E-state index contributed by atoms with van der Waals surface area (Å²) in [6.45, 7) is 3.35. The van der Waals surface area contributed by atoms with E-state index in [2.05, 4.69) is 5.32 Å². The second kappa shape index (κ2) is 8.06. The number of benzene rings is 2. The quantitative estimate of drug-likeness (QED) is 0.673. The van der Waals surface area contributed by atoms with E-state index in [0.717, 1.165) is 11.1 Å². The summed E-state index contributed by atoms with van der Waals surface area (Å²) in [7, 11) is 0. The van der Waals surface area contributed by atoms with Gasteiger partial charge in [-0.25, -0.2) is 9.18 Å². The first-order valence-electron chi connectivity index (χ1n) is 7.47. The minimum atomic E-state index is -1.04. The number of hydrogen-bond donors (Lipinski definition) is 1. The van der Waals surface area contributed by atoms with Crippen molar-refractivity contribution in [1.82, 2.24) is 0 Å². The van der Waals surface area contributed by atoms with E-state index in [0.29, 0.717) is 0 Å². The van der Waals surface area contributed by atoms with Gasteiger partial charge in [-0.3, -0.25) is 4.79 Å². The molecule has 0 saturated heterocycles. The summed E-state index contributed by atoms with van der Waals surface area (Å²) >= 11 is 0. The zero-order chi connectivity index (χ0) is 17.5. The first-order valence-corrected chi connectivity index (χ1v) is 7.47. The maximum Gasteiger partial charge on any atom is 0.331 e. The molecule has 1 atom stereocenters. The van der Waals surface area contributed by atoms with E-state index in [9.17, 15) is 14.0 Å². The minimum Gasteiger partial charge on any atom is -0.449 e. The SMILES string of the molecule is Cc1ccccc1/C=C/C(=O)O[C@H](C)C(=O)Nc1ccccc1F. The summed E-state index contributed by atoms with van der Waals surface area (Å²) in [6, 6.07) is 13.3. The lowest BCUT2D eigenvalue weighted by Gasteiger charge is -2.12. The van der Waals surface area contributed by atoms with Gasteiger partial charge in [-0.05, 0) is 43.2 Å². The van der Waals surface area contributed by atoms with Gasteiger partial charge < -0.3 is 10.1 Å². The molecule has 1 N–H and O–H groups in total. The molecule has 2 rings (SSSR count). The molecule has 0 heterocycles. The lowest BCUT2D eigenvalue weighted by atomic mass is 10.1. The predicted octanol–water partition coefficient (Wildman–Crippen LogP) is 3.72. The number of carbonyl (C=O) groups is 2. The van der Waals surface area contributed by atoms with Crippen molar-refractivity contribution in [3.63, 3.8) is 0 Å². The second-order valence-electron chi connectivity index (χ2n) is 5.24. The molecule has 124 valence electrons. The maximum atomic E-state index is 13.5. The van der Waals surface area contributed by atoms with Gasteiger partial charge in [0.05, 0.1) is 5.69 Å². The molecule has 0 aromatic heterocycles. The first-order chi connectivity index (χ1) is 11.5. The van der Waals surface area contributed by atoms with Gasteiger partial charge in [0.15, 0.2) is 6.10 Å². The van der Waals surface area contributed by atoms with Gasteiger partial charge in [-0.15, -0.1) is 0 Å². The number of amides is 1. The molecule has 5 heteroatoms. The van der Waals surface area contributed by atoms with Gasteiger partial charge in [0.1, 0.15) is 5.82 Å². The van der Waals surface area contributed by atoms with Crippen LogP contribution in [0.15, 0.2) is 54.6 Å². The fourth-order valence-electron chi connectivity index (χ4n) is 2.00. The largest absolute Gasteiger partial charge is 0.449 e. The van der Waals surface area contributed by atoms with Crippen LogP contribution in [0.2, 0.25) is 0 Å². The standard InChI is InChI=1S/C19H18FNO3/c1-13-7-3-4-8-15(13)11-12-18(22)24-14(2)19(23)21-17-10-6-5-9-16(17)20/h3-12,14H,1-2H3,(H,21,23)/b12-11+/t14-/m1/s1. The van der Waals surface area contributed by atoms with Crippen molar-refractivity contribution < 1.29 is 18.7 Å². The highest BCUT2D eigenvalue weighted by Crippen LogP contribution is 2.13. The van der Waals surface area contributed by atoms with Crippen LogP contribution in [0.1, 0.15) is 18.1 Å². The topological polar surface area (TPSA) is 55.4 Å². The Morgan fingerprint density at radius 3 is 2.50 bits per heavy atom. The number of aryl methyl sites for hydroxylation is 1. The van der Waals surface area contributed by atoms with Gasteiger partial charge in [-0.2, -0.15) is 0 Å². The van der Waals surface area contributed by atoms with Gasteiger partial charge in [0.25, 0.3) is 5.91 Å². The van der Waals surface area contributed by atoms with Crippen LogP contribution < -0.4 is 5.32 Å². The minimum absolute atomic E-state index is 0.0425. The molecule has 24 heavy (non-hydrogen) atoms. The highest BCUT2D eigenvalue weighted by molar-refractivity contribution is 5.96. The van der Waals surface area contributed by atoms with Crippen LogP contribution in [0.25, 0.3) is 6.08 Å². The normalized spacial score (nSPS) is 12.0. The smallest absolute Gasteiger partial charge is 0.331 e. The van der Waals surface area contributed by atoms with Gasteiger partial charge in [-0.1, -0.05) is 36.4 Å². The van der Waals surface area contributed by atoms with Crippen molar-refractivity contribution in [3.05, 3.63) is 71.6 Å². The Morgan fingerprint density at radius 2 is 1.79 bits per heavy atom. The predicted molar refractivity (Wildman–Crippen MR) is 90.8 cm³/mol. The maximum absolute atomic E-state index is 13.5. The average molecular weight is 327 g/mol. The molecule has 0 aliphatic rings. The fourth-order valence-corrected chi connectivity index (χ4v) is 2.00. The molecular formula is C19H18FNO3. The lowest BCUT2D eigenvalue weighted by Crippen LogP contribution is -2.29. The van der Waals surface area contributed by atoms with E-state index in [1.807, 2.05) is 31.2 Å². The van der Waals surface area contributed by atoms with E-state index in [1.165, 1.54) is 31.2 Å². The van der Waals surface area contributed by atoms with Crippen molar-refractivity contribution in [3.8, 4) is 0 Å². The molecular weight excluding hydrogens is 309 g/mol. The monoisotopic (exact) mass is 327 g/mol. The van der Waals surface area contributed by atoms with Crippen molar-refractivity contribution in [1.29, 1.82) is 0 Å². The number of nitrogens with one attached hydrogen (secondary N) is 1. The van der Waals surface area contributed by atoms with Crippen molar-refractivity contribution in [2.45, 2.75) is 20.0 Å². The summed E-state index contributed by atoms with van der Waals surface area (Å²) in [4.78, 5) is 23.7. The molecule has 2 aromatic carbocycles. The number of rotatable bonds is 5. The average Bonchev–Trinajstić information content (AvgIpc) is 2.56. The van der Waals surface area contributed by atoms with Crippen LogP contribution in [0, 0.1) is 12.7 Å². The Bertz CT molecular complexity index is 771. The van der Waals surface area contributed by atoms with E-state index >= 15 is 0 Å². The van der Waals surface area contributed by atoms with Gasteiger partial charge in [0.2, 0.25) is 0 Å². The molecule has 0 unspecified atom stereocenters. The van der Waals surface area contributed by atoms with E-state index in [-0.39, 0.29) is 5.69 Å². The number of esters is 1. The highest BCUT2D eigenvalue weighted by atomic mass is 19.1. The number of ether oxygens (including phenoxy) is 1. The van der Waals surface area contributed by atoms with Crippen LogP contribution in [-0.2, 0) is 14.3 Å². The molecule has 0 aliphatic heterocycles. The highest BCUT2D eigenvalue weighted by Gasteiger charge is 2.17. The number of halogens is 1. The Hall–Kier alpha value is -2.95. The zero-order valence-electron chi connectivity index (χ0n) is 13.5. The number of para-hydroxylation sites is 1. The molecule has 1 amide bonds. The molecule has 0 bridgehead atoms. The number of carbonyl (C=O) groups excluding carboxylic acids is 2. The van der Waals surface area contributed by atoms with Crippen molar-refractivity contribution in [2.24, 2.45) is 0 Å². The van der Waals surface area contributed by atoms with Crippen LogP contribution in [-0.4, -0.2) is 18.0 Å². The van der Waals surface area contributed by atoms with Crippen LogP contribution in [0.3, 0.4) is 0 Å². The molecule has 2 aromatic rings. The molecule has 0 saturated carbocycles. The van der Waals surface area contributed by atoms with E-state index in [1.54, 1.807) is 12.1 Å². The Morgan fingerprint density at radius 1 is 1.12 bits per heavy atom. The van der Waals surface area contributed by atoms with Crippen LogP contribution in [0.4, 0.5) is 10.1 Å². The number of hydrogen-bond acceptors (Lipinski definition) is 3. The molecule has 0 fully saturated rings. The van der Waals surface area contributed by atoms with E-state index < -0.39 is 23.8 Å². The van der Waals surface area contributed by atoms with Crippen molar-refractivity contribution >= 4 is 23.6 Å². The summed E-state index contributed by atoms with van der Waals surface area (Å²) in [5.41, 5.74) is 1.95. The third-order valence-electron chi connectivity index (χ3n) is 3.38. The molecule has 0 spiro atoms. The molecule has 0 aliphatic carbocycles. The van der Waals surface area contributed by atoms with E-state index in [4.69, 9.17) is 4.74 Å². The third-order valence-corrected chi connectivity index (χ3v) is 3.38. The fraction of sp³-hybridized carbons (Fsp3) is 0.158. The first kappa shape index (κ1) is 17.4. The van der Waals surface area contributed by atoms with Gasteiger partial charge in [0, 0.05) is 6.08 Å². The summed E-state index contributed by atoms with van der Waals surface area (Å²) in [6.07, 6.45) is 1.84. The summed E-state index contributed by atoms with van der Waals surface area (Å²) in [5, 5.41) is 2.38. The Labute approximate surface area is 140 Å². The molecule has 0 radical (unpaired) electrons. The lowest BCUT2D eigenvalue weighted by molar-refractivity contribution is -0.148. The number of anilines is 1. The van der Waals surface area contributed by atoms with Crippen molar-refractivity contribution in [2.75, 3.05) is 5.32 Å². The Kier molecular flexibility index (Phi) is 5.84. The Balaban J connectivity index is 1.92.